The van der Waals surface area contributed by atoms with Crippen molar-refractivity contribution in [1.29, 1.82) is 0 Å². The Morgan fingerprint density at radius 3 is 2.21 bits per heavy atom. The van der Waals surface area contributed by atoms with Crippen LogP contribution < -0.4 is 5.32 Å². The third kappa shape index (κ3) is 2.27. The van der Waals surface area contributed by atoms with Crippen LogP contribution in [-0.4, -0.2) is 11.9 Å². The second kappa shape index (κ2) is 5.49. The van der Waals surface area contributed by atoms with Crippen molar-refractivity contribution < 1.29 is 4.79 Å². The topological polar surface area (TPSA) is 29.1 Å². The molecule has 0 aromatic heterocycles. The number of hydrogen-bond acceptors (Lipinski definition) is 1. The third-order valence-corrected chi connectivity index (χ3v) is 6.97. The van der Waals surface area contributed by atoms with E-state index < -0.39 is 0 Å². The molecule has 1 amide bonds. The fourth-order valence-electron chi connectivity index (χ4n) is 5.86. The van der Waals surface area contributed by atoms with Gasteiger partial charge >= 0.3 is 0 Å². The Labute approximate surface area is 147 Å². The summed E-state index contributed by atoms with van der Waals surface area (Å²) in [5.41, 5.74) is 0.754. The van der Waals surface area contributed by atoms with E-state index >= 15 is 0 Å². The van der Waals surface area contributed by atoms with E-state index in [1.807, 2.05) is 36.4 Å². The highest BCUT2D eigenvalue weighted by atomic mass is 35.5. The van der Waals surface area contributed by atoms with Crippen molar-refractivity contribution in [2.45, 2.75) is 38.1 Å². The standard InChI is InChI=1S/C21H22ClNO/c22-19-6-2-3-16-17(19)4-1-5-18(16)21(24)23-20-14-8-12-7-13(10-14)11-15(20)9-12/h1-6,12-15,20H,7-11H2,(H,23,24). The molecule has 2 aromatic rings. The Kier molecular flexibility index (Phi) is 3.38. The van der Waals surface area contributed by atoms with Gasteiger partial charge in [-0.05, 0) is 73.3 Å². The van der Waals surface area contributed by atoms with Crippen molar-refractivity contribution in [2.24, 2.45) is 23.7 Å². The highest BCUT2D eigenvalue weighted by Gasteiger charge is 2.48. The van der Waals surface area contributed by atoms with Gasteiger partial charge in [0, 0.05) is 22.0 Å². The molecule has 3 heteroatoms. The largest absolute Gasteiger partial charge is 0.349 e. The van der Waals surface area contributed by atoms with Crippen molar-refractivity contribution in [2.75, 3.05) is 0 Å². The molecule has 1 N–H and O–H groups in total. The molecule has 0 heterocycles. The molecule has 0 spiro atoms. The molecular formula is C21H22ClNO. The second-order valence-corrected chi connectivity index (χ2v) is 8.48. The minimum Gasteiger partial charge on any atom is -0.349 e. The van der Waals surface area contributed by atoms with Crippen LogP contribution in [0.25, 0.3) is 10.8 Å². The van der Waals surface area contributed by atoms with Gasteiger partial charge in [-0.2, -0.15) is 0 Å². The van der Waals surface area contributed by atoms with Gasteiger partial charge in [0.05, 0.1) is 0 Å². The monoisotopic (exact) mass is 339 g/mol. The van der Waals surface area contributed by atoms with E-state index in [9.17, 15) is 4.79 Å². The van der Waals surface area contributed by atoms with E-state index in [0.29, 0.717) is 22.9 Å². The Morgan fingerprint density at radius 1 is 0.875 bits per heavy atom. The summed E-state index contributed by atoms with van der Waals surface area (Å²) >= 11 is 6.29. The number of carbonyl (C=O) groups is 1. The first-order valence-corrected chi connectivity index (χ1v) is 9.55. The van der Waals surface area contributed by atoms with Crippen LogP contribution in [0.5, 0.6) is 0 Å². The summed E-state index contributed by atoms with van der Waals surface area (Å²) in [5.74, 6) is 3.32. The lowest BCUT2D eigenvalue weighted by atomic mass is 9.54. The van der Waals surface area contributed by atoms with E-state index in [1.165, 1.54) is 32.1 Å². The lowest BCUT2D eigenvalue weighted by molar-refractivity contribution is -0.0119. The second-order valence-electron chi connectivity index (χ2n) is 8.07. The van der Waals surface area contributed by atoms with Gasteiger partial charge < -0.3 is 5.32 Å². The molecule has 0 unspecified atom stereocenters. The summed E-state index contributed by atoms with van der Waals surface area (Å²) in [6.45, 7) is 0. The Hall–Kier alpha value is -1.54. The Morgan fingerprint density at radius 2 is 1.50 bits per heavy atom. The number of amides is 1. The van der Waals surface area contributed by atoms with Gasteiger partial charge in [-0.3, -0.25) is 4.79 Å². The van der Waals surface area contributed by atoms with Crippen LogP contribution in [0.1, 0.15) is 42.5 Å². The Balaban J connectivity index is 1.44. The molecule has 2 nitrogen and oxygen atoms in total. The molecule has 0 aliphatic heterocycles. The van der Waals surface area contributed by atoms with Crippen LogP contribution in [0, 0.1) is 23.7 Å². The summed E-state index contributed by atoms with van der Waals surface area (Å²) in [6, 6.07) is 12.0. The van der Waals surface area contributed by atoms with Gasteiger partial charge in [-0.25, -0.2) is 0 Å². The summed E-state index contributed by atoms with van der Waals surface area (Å²) < 4.78 is 0. The van der Waals surface area contributed by atoms with Crippen LogP contribution in [0.3, 0.4) is 0 Å². The highest BCUT2D eigenvalue weighted by Crippen LogP contribution is 2.53. The maximum atomic E-state index is 13.0. The zero-order chi connectivity index (χ0) is 16.3. The first-order valence-electron chi connectivity index (χ1n) is 9.17. The molecule has 6 rings (SSSR count). The fourth-order valence-corrected chi connectivity index (χ4v) is 6.10. The maximum Gasteiger partial charge on any atom is 0.252 e. The summed E-state index contributed by atoms with van der Waals surface area (Å²) in [6.07, 6.45) is 6.72. The molecule has 0 atom stereocenters. The molecule has 4 saturated carbocycles. The van der Waals surface area contributed by atoms with Crippen molar-refractivity contribution in [3.05, 3.63) is 47.0 Å². The molecule has 4 aliphatic rings. The van der Waals surface area contributed by atoms with Crippen LogP contribution in [0.2, 0.25) is 5.02 Å². The van der Waals surface area contributed by atoms with E-state index in [2.05, 4.69) is 5.32 Å². The minimum atomic E-state index is 0.0698. The van der Waals surface area contributed by atoms with Gasteiger partial charge in [-0.1, -0.05) is 35.9 Å². The average molecular weight is 340 g/mol. The minimum absolute atomic E-state index is 0.0698. The lowest BCUT2D eigenvalue weighted by Crippen LogP contribution is -2.55. The number of halogens is 1. The summed E-state index contributed by atoms with van der Waals surface area (Å²) in [4.78, 5) is 13.0. The predicted molar refractivity (Wildman–Crippen MR) is 97.3 cm³/mol. The van der Waals surface area contributed by atoms with E-state index in [0.717, 1.165) is 28.2 Å². The van der Waals surface area contributed by atoms with Gasteiger partial charge in [0.25, 0.3) is 5.91 Å². The van der Waals surface area contributed by atoms with Gasteiger partial charge in [0.1, 0.15) is 0 Å². The average Bonchev–Trinajstić information content (AvgIpc) is 2.57. The number of fused-ring (bicyclic) bond motifs is 1. The molecule has 24 heavy (non-hydrogen) atoms. The zero-order valence-electron chi connectivity index (χ0n) is 13.7. The SMILES string of the molecule is O=C(NC1C2CC3CC(C2)CC1C3)c1cccc2c(Cl)cccc12. The quantitative estimate of drug-likeness (QED) is 0.815. The van der Waals surface area contributed by atoms with Crippen LogP contribution in [0.15, 0.2) is 36.4 Å². The van der Waals surface area contributed by atoms with E-state index in [4.69, 9.17) is 11.6 Å². The van der Waals surface area contributed by atoms with Gasteiger partial charge in [0.15, 0.2) is 0 Å². The first kappa shape index (κ1) is 14.8. The summed E-state index contributed by atoms with van der Waals surface area (Å²) in [5, 5.41) is 6.02. The number of carbonyl (C=O) groups excluding carboxylic acids is 1. The smallest absolute Gasteiger partial charge is 0.252 e. The molecule has 4 aliphatic carbocycles. The molecule has 2 aromatic carbocycles. The van der Waals surface area contributed by atoms with Crippen molar-refractivity contribution in [3.8, 4) is 0 Å². The van der Waals surface area contributed by atoms with E-state index in [-0.39, 0.29) is 5.91 Å². The van der Waals surface area contributed by atoms with Crippen molar-refractivity contribution in [3.63, 3.8) is 0 Å². The number of hydrogen-bond donors (Lipinski definition) is 1. The number of nitrogens with one attached hydrogen (secondary N) is 1. The van der Waals surface area contributed by atoms with Crippen LogP contribution in [-0.2, 0) is 0 Å². The lowest BCUT2D eigenvalue weighted by Gasteiger charge is -2.54. The molecule has 0 saturated heterocycles. The summed E-state index contributed by atoms with van der Waals surface area (Å²) in [7, 11) is 0. The number of rotatable bonds is 2. The highest BCUT2D eigenvalue weighted by molar-refractivity contribution is 6.36. The molecule has 4 fully saturated rings. The van der Waals surface area contributed by atoms with Crippen LogP contribution >= 0.6 is 11.6 Å². The van der Waals surface area contributed by atoms with Crippen LogP contribution in [0.4, 0.5) is 0 Å². The van der Waals surface area contributed by atoms with Gasteiger partial charge in [0.2, 0.25) is 0 Å². The molecular weight excluding hydrogens is 318 g/mol. The fraction of sp³-hybridized carbons (Fsp3) is 0.476. The molecule has 0 radical (unpaired) electrons. The Bertz CT molecular complexity index is 787. The predicted octanol–water partition coefficient (Wildman–Crippen LogP) is 5.05. The van der Waals surface area contributed by atoms with Gasteiger partial charge in [-0.15, -0.1) is 0 Å². The third-order valence-electron chi connectivity index (χ3n) is 6.64. The van der Waals surface area contributed by atoms with Crippen molar-refractivity contribution in [1.82, 2.24) is 5.32 Å². The maximum absolute atomic E-state index is 13.0. The van der Waals surface area contributed by atoms with Crippen molar-refractivity contribution >= 4 is 28.3 Å². The first-order chi connectivity index (χ1) is 11.7. The van der Waals surface area contributed by atoms with E-state index in [1.54, 1.807) is 0 Å². The zero-order valence-corrected chi connectivity index (χ0v) is 14.4. The number of benzene rings is 2. The molecule has 124 valence electrons. The molecule has 4 bridgehead atoms. The normalized spacial score (nSPS) is 33.8.